The molecule has 0 fully saturated rings. The number of hydrogen-bond acceptors (Lipinski definition) is 3. The molecule has 0 saturated heterocycles. The van der Waals surface area contributed by atoms with Crippen molar-refractivity contribution >= 4 is 11.6 Å². The normalized spacial score (nSPS) is 10.2. The number of carbonyl (C=O) groups excluding carboxylic acids is 1. The Hall–Kier alpha value is -2.49. The second-order valence-electron chi connectivity index (χ2n) is 5.20. The predicted molar refractivity (Wildman–Crippen MR) is 88.9 cm³/mol. The van der Waals surface area contributed by atoms with E-state index in [9.17, 15) is 4.79 Å². The fourth-order valence-corrected chi connectivity index (χ4v) is 2.09. The van der Waals surface area contributed by atoms with E-state index in [1.165, 1.54) is 5.56 Å². The molecule has 0 aliphatic carbocycles. The summed E-state index contributed by atoms with van der Waals surface area (Å²) in [6, 6.07) is 15.5. The lowest BCUT2D eigenvalue weighted by Gasteiger charge is -2.09. The Balaban J connectivity index is 1.63. The van der Waals surface area contributed by atoms with Crippen LogP contribution < -0.4 is 15.8 Å². The fraction of sp³-hybridized carbons (Fsp3) is 0.278. The number of amides is 1. The number of hydrogen-bond donors (Lipinski definition) is 2. The summed E-state index contributed by atoms with van der Waals surface area (Å²) in [5, 5.41) is 2.86. The van der Waals surface area contributed by atoms with Crippen LogP contribution in [-0.2, 0) is 11.2 Å². The molecule has 0 unspecified atom stereocenters. The minimum Gasteiger partial charge on any atom is -0.492 e. The average molecular weight is 298 g/mol. The maximum absolute atomic E-state index is 11.7. The highest BCUT2D eigenvalue weighted by Gasteiger charge is 2.02. The van der Waals surface area contributed by atoms with Crippen molar-refractivity contribution in [2.75, 3.05) is 18.9 Å². The van der Waals surface area contributed by atoms with Gasteiger partial charge in [-0.15, -0.1) is 0 Å². The van der Waals surface area contributed by atoms with E-state index in [1.807, 2.05) is 55.5 Å². The summed E-state index contributed by atoms with van der Waals surface area (Å²) in [6.07, 6.45) is 1.25. The molecule has 0 radical (unpaired) electrons. The van der Waals surface area contributed by atoms with Crippen LogP contribution in [0.1, 0.15) is 17.5 Å². The van der Waals surface area contributed by atoms with E-state index in [0.29, 0.717) is 19.6 Å². The Bertz CT molecular complexity index is 612. The molecule has 116 valence electrons. The minimum absolute atomic E-state index is 0.0425. The van der Waals surface area contributed by atoms with Crippen LogP contribution in [0.2, 0.25) is 0 Å². The lowest BCUT2D eigenvalue weighted by Crippen LogP contribution is -2.28. The fourth-order valence-electron chi connectivity index (χ4n) is 2.09. The van der Waals surface area contributed by atoms with E-state index >= 15 is 0 Å². The van der Waals surface area contributed by atoms with Gasteiger partial charge in [-0.3, -0.25) is 4.79 Å². The van der Waals surface area contributed by atoms with Gasteiger partial charge in [0.2, 0.25) is 5.91 Å². The Morgan fingerprint density at radius 1 is 1.18 bits per heavy atom. The SMILES string of the molecule is Cc1cc(OCCNC(=O)CCc2ccccc2)ccc1N. The second kappa shape index (κ2) is 8.08. The summed E-state index contributed by atoms with van der Waals surface area (Å²) in [5.41, 5.74) is 8.67. The highest BCUT2D eigenvalue weighted by Crippen LogP contribution is 2.18. The second-order valence-corrected chi connectivity index (χ2v) is 5.20. The van der Waals surface area contributed by atoms with Gasteiger partial charge in [0.15, 0.2) is 0 Å². The molecule has 2 aromatic carbocycles. The van der Waals surface area contributed by atoms with Crippen molar-refractivity contribution in [3.05, 3.63) is 59.7 Å². The first kappa shape index (κ1) is 15.9. The third-order valence-corrected chi connectivity index (χ3v) is 3.42. The molecule has 3 N–H and O–H groups in total. The molecule has 0 aliphatic heterocycles. The smallest absolute Gasteiger partial charge is 0.220 e. The lowest BCUT2D eigenvalue weighted by atomic mass is 10.1. The monoisotopic (exact) mass is 298 g/mol. The van der Waals surface area contributed by atoms with Crippen molar-refractivity contribution in [1.82, 2.24) is 5.32 Å². The van der Waals surface area contributed by atoms with Gasteiger partial charge in [-0.2, -0.15) is 0 Å². The third kappa shape index (κ3) is 5.13. The Morgan fingerprint density at radius 2 is 1.95 bits per heavy atom. The van der Waals surface area contributed by atoms with E-state index < -0.39 is 0 Å². The number of anilines is 1. The Morgan fingerprint density at radius 3 is 2.68 bits per heavy atom. The predicted octanol–water partition coefficient (Wildman–Crippen LogP) is 2.71. The van der Waals surface area contributed by atoms with Gasteiger partial charge in [0.1, 0.15) is 12.4 Å². The van der Waals surface area contributed by atoms with Crippen molar-refractivity contribution in [3.8, 4) is 5.75 Å². The molecule has 0 bridgehead atoms. The summed E-state index contributed by atoms with van der Waals surface area (Å²) >= 11 is 0. The van der Waals surface area contributed by atoms with Crippen LogP contribution in [0.5, 0.6) is 5.75 Å². The number of ether oxygens (including phenoxy) is 1. The van der Waals surface area contributed by atoms with Gasteiger partial charge in [-0.1, -0.05) is 30.3 Å². The minimum atomic E-state index is 0.0425. The molecule has 0 spiro atoms. The van der Waals surface area contributed by atoms with E-state index in [4.69, 9.17) is 10.5 Å². The van der Waals surface area contributed by atoms with Crippen LogP contribution in [0.3, 0.4) is 0 Å². The third-order valence-electron chi connectivity index (χ3n) is 3.42. The standard InChI is InChI=1S/C18H22N2O2/c1-14-13-16(8-9-17(14)19)22-12-11-20-18(21)10-7-15-5-3-2-4-6-15/h2-6,8-9,13H,7,10-12,19H2,1H3,(H,20,21). The molecule has 4 heteroatoms. The topological polar surface area (TPSA) is 64.3 Å². The van der Waals surface area contributed by atoms with Crippen LogP contribution in [0.25, 0.3) is 0 Å². The molecule has 0 atom stereocenters. The quantitative estimate of drug-likeness (QED) is 0.610. The average Bonchev–Trinajstić information content (AvgIpc) is 2.54. The van der Waals surface area contributed by atoms with E-state index in [1.54, 1.807) is 0 Å². The van der Waals surface area contributed by atoms with Gasteiger partial charge >= 0.3 is 0 Å². The van der Waals surface area contributed by atoms with Crippen LogP contribution >= 0.6 is 0 Å². The van der Waals surface area contributed by atoms with Gasteiger partial charge in [-0.25, -0.2) is 0 Å². The molecule has 22 heavy (non-hydrogen) atoms. The maximum Gasteiger partial charge on any atom is 0.220 e. The summed E-state index contributed by atoms with van der Waals surface area (Å²) in [5.74, 6) is 0.811. The number of benzene rings is 2. The lowest BCUT2D eigenvalue weighted by molar-refractivity contribution is -0.121. The molecule has 2 aromatic rings. The Kier molecular flexibility index (Phi) is 5.83. The van der Waals surface area contributed by atoms with Crippen LogP contribution in [-0.4, -0.2) is 19.1 Å². The maximum atomic E-state index is 11.7. The zero-order chi connectivity index (χ0) is 15.8. The van der Waals surface area contributed by atoms with E-state index in [2.05, 4.69) is 5.32 Å². The first-order valence-electron chi connectivity index (χ1n) is 7.44. The van der Waals surface area contributed by atoms with Crippen molar-refractivity contribution in [3.63, 3.8) is 0 Å². The van der Waals surface area contributed by atoms with Crippen LogP contribution in [0.15, 0.2) is 48.5 Å². The molecule has 0 saturated carbocycles. The number of aryl methyl sites for hydroxylation is 2. The number of nitrogens with two attached hydrogens (primary N) is 1. The van der Waals surface area contributed by atoms with Crippen molar-refractivity contribution in [1.29, 1.82) is 0 Å². The molecular formula is C18H22N2O2. The van der Waals surface area contributed by atoms with Crippen LogP contribution in [0.4, 0.5) is 5.69 Å². The molecule has 0 aromatic heterocycles. The molecule has 1 amide bonds. The Labute approximate surface area is 131 Å². The zero-order valence-electron chi connectivity index (χ0n) is 12.8. The van der Waals surface area contributed by atoms with Gasteiger partial charge in [0.05, 0.1) is 6.54 Å². The van der Waals surface area contributed by atoms with Crippen molar-refractivity contribution < 1.29 is 9.53 Å². The first-order chi connectivity index (χ1) is 10.6. The molecule has 4 nitrogen and oxygen atoms in total. The number of nitrogens with one attached hydrogen (secondary N) is 1. The van der Waals surface area contributed by atoms with Gasteiger partial charge in [0.25, 0.3) is 0 Å². The van der Waals surface area contributed by atoms with Crippen molar-refractivity contribution in [2.24, 2.45) is 0 Å². The number of nitrogen functional groups attached to an aromatic ring is 1. The highest BCUT2D eigenvalue weighted by molar-refractivity contribution is 5.76. The largest absolute Gasteiger partial charge is 0.492 e. The molecular weight excluding hydrogens is 276 g/mol. The van der Waals surface area contributed by atoms with Crippen molar-refractivity contribution in [2.45, 2.75) is 19.8 Å². The zero-order valence-corrected chi connectivity index (χ0v) is 12.8. The van der Waals surface area contributed by atoms with Gasteiger partial charge in [0, 0.05) is 12.1 Å². The molecule has 0 aliphatic rings. The summed E-state index contributed by atoms with van der Waals surface area (Å²) in [6.45, 7) is 2.88. The summed E-state index contributed by atoms with van der Waals surface area (Å²) in [7, 11) is 0. The number of rotatable bonds is 7. The number of carbonyl (C=O) groups is 1. The molecule has 0 heterocycles. The summed E-state index contributed by atoms with van der Waals surface area (Å²) in [4.78, 5) is 11.7. The van der Waals surface area contributed by atoms with Gasteiger partial charge in [-0.05, 0) is 42.7 Å². The van der Waals surface area contributed by atoms with Crippen LogP contribution in [0, 0.1) is 6.92 Å². The van der Waals surface area contributed by atoms with E-state index in [-0.39, 0.29) is 5.91 Å². The summed E-state index contributed by atoms with van der Waals surface area (Å²) < 4.78 is 5.58. The highest BCUT2D eigenvalue weighted by atomic mass is 16.5. The first-order valence-corrected chi connectivity index (χ1v) is 7.44. The van der Waals surface area contributed by atoms with Gasteiger partial charge < -0.3 is 15.8 Å². The van der Waals surface area contributed by atoms with E-state index in [0.717, 1.165) is 23.4 Å². The molecule has 2 rings (SSSR count).